The standard InChI is InChI=1S/C18H25N5O2.HI/c1-13-14(2)25-17(23-13)12-22-18(19-3)21-11-16(24)20-10-9-15-7-5-4-6-8-15;/h4-8H,9-12H2,1-3H3,(H,20,24)(H2,19,21,22);1H. The third kappa shape index (κ3) is 7.42. The van der Waals surface area contributed by atoms with Crippen molar-refractivity contribution in [1.82, 2.24) is 20.9 Å². The van der Waals surface area contributed by atoms with Gasteiger partial charge in [0, 0.05) is 13.6 Å². The number of aliphatic imine (C=N–C) groups is 1. The molecule has 142 valence electrons. The number of halogens is 1. The number of carbonyl (C=O) groups excluding carboxylic acids is 1. The zero-order valence-corrected chi connectivity index (χ0v) is 17.7. The summed E-state index contributed by atoms with van der Waals surface area (Å²) < 4.78 is 5.49. The Balaban J connectivity index is 0.00000338. The van der Waals surface area contributed by atoms with Gasteiger partial charge in [0.2, 0.25) is 11.8 Å². The topological polar surface area (TPSA) is 91.5 Å². The van der Waals surface area contributed by atoms with Crippen LogP contribution in [-0.4, -0.2) is 37.0 Å². The van der Waals surface area contributed by atoms with Crippen LogP contribution in [0.4, 0.5) is 0 Å². The number of amides is 1. The third-order valence-electron chi connectivity index (χ3n) is 3.70. The Labute approximate surface area is 171 Å². The highest BCUT2D eigenvalue weighted by atomic mass is 127. The van der Waals surface area contributed by atoms with Crippen molar-refractivity contribution in [2.45, 2.75) is 26.8 Å². The van der Waals surface area contributed by atoms with Gasteiger partial charge in [0.05, 0.1) is 18.8 Å². The Morgan fingerprint density at radius 3 is 2.50 bits per heavy atom. The van der Waals surface area contributed by atoms with E-state index in [2.05, 4.69) is 25.9 Å². The van der Waals surface area contributed by atoms with Crippen LogP contribution < -0.4 is 16.0 Å². The molecule has 7 nitrogen and oxygen atoms in total. The van der Waals surface area contributed by atoms with Gasteiger partial charge in [-0.2, -0.15) is 0 Å². The number of nitrogens with zero attached hydrogens (tertiary/aromatic N) is 2. The van der Waals surface area contributed by atoms with Crippen LogP contribution in [-0.2, 0) is 17.8 Å². The third-order valence-corrected chi connectivity index (χ3v) is 3.70. The number of benzene rings is 1. The van der Waals surface area contributed by atoms with Crippen molar-refractivity contribution in [3.63, 3.8) is 0 Å². The molecular weight excluding hydrogens is 445 g/mol. The van der Waals surface area contributed by atoms with E-state index in [1.807, 2.05) is 44.2 Å². The zero-order valence-electron chi connectivity index (χ0n) is 15.3. The summed E-state index contributed by atoms with van der Waals surface area (Å²) in [6, 6.07) is 10.0. The lowest BCUT2D eigenvalue weighted by Gasteiger charge is -2.11. The summed E-state index contributed by atoms with van der Waals surface area (Å²) in [6.45, 7) is 4.93. The molecule has 0 saturated carbocycles. The predicted octanol–water partition coefficient (Wildman–Crippen LogP) is 1.93. The van der Waals surface area contributed by atoms with Crippen molar-refractivity contribution >= 4 is 35.8 Å². The molecule has 1 heterocycles. The van der Waals surface area contributed by atoms with E-state index in [9.17, 15) is 4.79 Å². The minimum absolute atomic E-state index is 0. The molecule has 1 aromatic carbocycles. The lowest BCUT2D eigenvalue weighted by atomic mass is 10.1. The van der Waals surface area contributed by atoms with E-state index in [-0.39, 0.29) is 36.4 Å². The summed E-state index contributed by atoms with van der Waals surface area (Å²) in [6.07, 6.45) is 0.808. The molecule has 1 aromatic heterocycles. The number of aryl methyl sites for hydroxylation is 2. The first-order chi connectivity index (χ1) is 12.1. The van der Waals surface area contributed by atoms with E-state index in [4.69, 9.17) is 4.42 Å². The highest BCUT2D eigenvalue weighted by Crippen LogP contribution is 2.07. The summed E-state index contributed by atoms with van der Waals surface area (Å²) in [5, 5.41) is 8.91. The Bertz CT molecular complexity index is 696. The van der Waals surface area contributed by atoms with E-state index in [0.29, 0.717) is 24.9 Å². The first kappa shape index (κ1) is 21.9. The van der Waals surface area contributed by atoms with Gasteiger partial charge in [0.25, 0.3) is 0 Å². The molecule has 0 aliphatic rings. The van der Waals surface area contributed by atoms with Crippen LogP contribution in [0.3, 0.4) is 0 Å². The highest BCUT2D eigenvalue weighted by Gasteiger charge is 2.07. The maximum absolute atomic E-state index is 11.9. The predicted molar refractivity (Wildman–Crippen MR) is 113 cm³/mol. The molecule has 0 unspecified atom stereocenters. The monoisotopic (exact) mass is 471 g/mol. The lowest BCUT2D eigenvalue weighted by molar-refractivity contribution is -0.119. The molecule has 1 amide bonds. The smallest absolute Gasteiger partial charge is 0.239 e. The van der Waals surface area contributed by atoms with Crippen LogP contribution in [0.15, 0.2) is 39.7 Å². The average molecular weight is 471 g/mol. The van der Waals surface area contributed by atoms with Crippen LogP contribution in [0.1, 0.15) is 22.9 Å². The second kappa shape index (κ2) is 11.5. The van der Waals surface area contributed by atoms with Gasteiger partial charge >= 0.3 is 0 Å². The van der Waals surface area contributed by atoms with E-state index in [1.54, 1.807) is 7.05 Å². The highest BCUT2D eigenvalue weighted by molar-refractivity contribution is 14.0. The molecule has 0 spiro atoms. The second-order valence-corrected chi connectivity index (χ2v) is 5.61. The molecule has 2 aromatic rings. The van der Waals surface area contributed by atoms with E-state index in [1.165, 1.54) is 5.56 Å². The maximum Gasteiger partial charge on any atom is 0.239 e. The molecule has 0 aliphatic heterocycles. The number of hydrogen-bond donors (Lipinski definition) is 3. The number of nitrogens with one attached hydrogen (secondary N) is 3. The Hall–Kier alpha value is -2.10. The van der Waals surface area contributed by atoms with E-state index < -0.39 is 0 Å². The zero-order chi connectivity index (χ0) is 18.1. The summed E-state index contributed by atoms with van der Waals surface area (Å²) in [4.78, 5) is 20.3. The van der Waals surface area contributed by atoms with Crippen LogP contribution in [0.2, 0.25) is 0 Å². The van der Waals surface area contributed by atoms with Crippen molar-refractivity contribution in [3.8, 4) is 0 Å². The molecule has 2 rings (SSSR count). The molecule has 0 fully saturated rings. The molecule has 26 heavy (non-hydrogen) atoms. The fourth-order valence-corrected chi connectivity index (χ4v) is 2.21. The number of guanidine groups is 1. The summed E-state index contributed by atoms with van der Waals surface area (Å²) >= 11 is 0. The van der Waals surface area contributed by atoms with Gasteiger partial charge in [0.15, 0.2) is 5.96 Å². The van der Waals surface area contributed by atoms with Gasteiger partial charge < -0.3 is 20.4 Å². The molecule has 8 heteroatoms. The minimum atomic E-state index is -0.0818. The molecule has 0 aliphatic carbocycles. The van der Waals surface area contributed by atoms with Crippen molar-refractivity contribution in [2.24, 2.45) is 4.99 Å². The van der Waals surface area contributed by atoms with Crippen molar-refractivity contribution in [2.75, 3.05) is 20.1 Å². The van der Waals surface area contributed by atoms with Crippen molar-refractivity contribution < 1.29 is 9.21 Å². The molecule has 0 bridgehead atoms. The lowest BCUT2D eigenvalue weighted by Crippen LogP contribution is -2.43. The number of rotatable bonds is 7. The quantitative estimate of drug-likeness (QED) is 0.326. The van der Waals surface area contributed by atoms with Gasteiger partial charge in [-0.1, -0.05) is 30.3 Å². The van der Waals surface area contributed by atoms with Gasteiger partial charge in [-0.15, -0.1) is 24.0 Å². The Morgan fingerprint density at radius 2 is 1.88 bits per heavy atom. The largest absolute Gasteiger partial charge is 0.444 e. The van der Waals surface area contributed by atoms with E-state index in [0.717, 1.165) is 17.9 Å². The first-order valence-corrected chi connectivity index (χ1v) is 8.26. The van der Waals surface area contributed by atoms with Crippen LogP contribution in [0.5, 0.6) is 0 Å². The van der Waals surface area contributed by atoms with Gasteiger partial charge in [-0.3, -0.25) is 9.79 Å². The molecule has 0 atom stereocenters. The van der Waals surface area contributed by atoms with Crippen LogP contribution >= 0.6 is 24.0 Å². The average Bonchev–Trinajstić information content (AvgIpc) is 2.94. The number of carbonyl (C=O) groups is 1. The van der Waals surface area contributed by atoms with Crippen LogP contribution in [0.25, 0.3) is 0 Å². The summed E-state index contributed by atoms with van der Waals surface area (Å²) in [5.41, 5.74) is 2.07. The Kier molecular flexibility index (Phi) is 9.71. The SMILES string of the molecule is CN=C(NCC(=O)NCCc1ccccc1)NCc1nc(C)c(C)o1.I. The van der Waals surface area contributed by atoms with Gasteiger partial charge in [0.1, 0.15) is 5.76 Å². The van der Waals surface area contributed by atoms with Crippen LogP contribution in [0, 0.1) is 13.8 Å². The van der Waals surface area contributed by atoms with Gasteiger partial charge in [-0.25, -0.2) is 4.98 Å². The minimum Gasteiger partial charge on any atom is -0.444 e. The maximum atomic E-state index is 11.9. The van der Waals surface area contributed by atoms with Crippen molar-refractivity contribution in [3.05, 3.63) is 53.2 Å². The number of oxazole rings is 1. The van der Waals surface area contributed by atoms with Gasteiger partial charge in [-0.05, 0) is 25.8 Å². The Morgan fingerprint density at radius 1 is 1.15 bits per heavy atom. The fraction of sp³-hybridized carbons (Fsp3) is 0.389. The fourth-order valence-electron chi connectivity index (χ4n) is 2.21. The number of hydrogen-bond acceptors (Lipinski definition) is 4. The first-order valence-electron chi connectivity index (χ1n) is 8.26. The normalized spacial score (nSPS) is 10.8. The molecule has 0 radical (unpaired) electrons. The van der Waals surface area contributed by atoms with Crippen molar-refractivity contribution in [1.29, 1.82) is 0 Å². The molecular formula is C18H26IN5O2. The van der Waals surface area contributed by atoms with E-state index >= 15 is 0 Å². The number of aromatic nitrogens is 1. The summed E-state index contributed by atoms with van der Waals surface area (Å²) in [7, 11) is 1.65. The summed E-state index contributed by atoms with van der Waals surface area (Å²) in [5.74, 6) is 1.83. The molecule has 0 saturated heterocycles. The second-order valence-electron chi connectivity index (χ2n) is 5.61. The molecule has 3 N–H and O–H groups in total.